The van der Waals surface area contributed by atoms with Gasteiger partial charge in [-0.15, -0.1) is 0 Å². The maximum Gasteiger partial charge on any atom is 0.120 e. The van der Waals surface area contributed by atoms with E-state index >= 15 is 0 Å². The van der Waals surface area contributed by atoms with E-state index in [1.54, 1.807) is 0 Å². The summed E-state index contributed by atoms with van der Waals surface area (Å²) in [5, 5.41) is 3.59. The first-order valence-electron chi connectivity index (χ1n) is 6.84. The standard InChI is InChI=1S/C15H21NO/c1-2-5-14(6-3-1)17-15(9-4-10-15)11-12-16-13-7-8-13/h1-3,5-6,13,16H,4,7-12H2. The van der Waals surface area contributed by atoms with E-state index in [2.05, 4.69) is 17.4 Å². The van der Waals surface area contributed by atoms with Gasteiger partial charge in [-0.25, -0.2) is 0 Å². The lowest BCUT2D eigenvalue weighted by Crippen LogP contribution is -2.45. The summed E-state index contributed by atoms with van der Waals surface area (Å²) in [7, 11) is 0. The Labute approximate surface area is 103 Å². The minimum absolute atomic E-state index is 0.128. The molecule has 0 spiro atoms. The molecule has 0 radical (unpaired) electrons. The van der Waals surface area contributed by atoms with Crippen LogP contribution in [0.1, 0.15) is 38.5 Å². The number of ether oxygens (including phenoxy) is 1. The predicted octanol–water partition coefficient (Wildman–Crippen LogP) is 3.13. The number of hydrogen-bond acceptors (Lipinski definition) is 2. The zero-order valence-electron chi connectivity index (χ0n) is 10.3. The summed E-state index contributed by atoms with van der Waals surface area (Å²) >= 11 is 0. The van der Waals surface area contributed by atoms with Crippen LogP contribution in [-0.4, -0.2) is 18.2 Å². The van der Waals surface area contributed by atoms with Gasteiger partial charge in [-0.2, -0.15) is 0 Å². The second-order valence-electron chi connectivity index (χ2n) is 5.43. The van der Waals surface area contributed by atoms with E-state index in [0.717, 1.165) is 24.8 Å². The molecule has 0 saturated heterocycles. The van der Waals surface area contributed by atoms with Gasteiger partial charge in [0.1, 0.15) is 11.4 Å². The molecule has 0 aromatic heterocycles. The molecule has 0 heterocycles. The highest BCUT2D eigenvalue weighted by molar-refractivity contribution is 5.22. The van der Waals surface area contributed by atoms with Crippen molar-refractivity contribution in [2.45, 2.75) is 50.2 Å². The lowest BCUT2D eigenvalue weighted by Gasteiger charge is -2.42. The van der Waals surface area contributed by atoms with Crippen molar-refractivity contribution < 1.29 is 4.74 Å². The fourth-order valence-electron chi connectivity index (χ4n) is 2.50. The lowest BCUT2D eigenvalue weighted by molar-refractivity contribution is -0.0142. The molecular formula is C15H21NO. The van der Waals surface area contributed by atoms with Gasteiger partial charge >= 0.3 is 0 Å². The van der Waals surface area contributed by atoms with Gasteiger partial charge in [0, 0.05) is 6.04 Å². The van der Waals surface area contributed by atoms with Gasteiger partial charge in [0.05, 0.1) is 0 Å². The Morgan fingerprint density at radius 1 is 1.18 bits per heavy atom. The van der Waals surface area contributed by atoms with E-state index in [1.165, 1.54) is 32.1 Å². The van der Waals surface area contributed by atoms with Crippen LogP contribution in [0.15, 0.2) is 30.3 Å². The van der Waals surface area contributed by atoms with Crippen molar-refractivity contribution in [2.24, 2.45) is 0 Å². The number of hydrogen-bond donors (Lipinski definition) is 1. The monoisotopic (exact) mass is 231 g/mol. The van der Waals surface area contributed by atoms with Crippen molar-refractivity contribution in [1.82, 2.24) is 5.32 Å². The summed E-state index contributed by atoms with van der Waals surface area (Å²) in [6.07, 6.45) is 7.64. The molecule has 2 fully saturated rings. The second kappa shape index (κ2) is 4.69. The molecule has 2 aliphatic rings. The molecule has 17 heavy (non-hydrogen) atoms. The average molecular weight is 231 g/mol. The molecule has 92 valence electrons. The average Bonchev–Trinajstić information content (AvgIpc) is 3.11. The molecule has 0 aliphatic heterocycles. The minimum atomic E-state index is 0.128. The lowest BCUT2D eigenvalue weighted by atomic mass is 9.77. The third-order valence-electron chi connectivity index (χ3n) is 3.93. The summed E-state index contributed by atoms with van der Waals surface area (Å²) in [6.45, 7) is 1.11. The Kier molecular flexibility index (Phi) is 3.06. The van der Waals surface area contributed by atoms with Crippen molar-refractivity contribution in [3.05, 3.63) is 30.3 Å². The van der Waals surface area contributed by atoms with Gasteiger partial charge in [-0.1, -0.05) is 18.2 Å². The van der Waals surface area contributed by atoms with Crippen LogP contribution >= 0.6 is 0 Å². The van der Waals surface area contributed by atoms with Crippen molar-refractivity contribution in [3.8, 4) is 5.75 Å². The molecule has 0 bridgehead atoms. The molecular weight excluding hydrogens is 210 g/mol. The SMILES string of the molecule is c1ccc(OC2(CCNC3CC3)CCC2)cc1. The molecule has 1 aromatic rings. The van der Waals surface area contributed by atoms with Crippen LogP contribution in [0.5, 0.6) is 5.75 Å². The topological polar surface area (TPSA) is 21.3 Å². The van der Waals surface area contributed by atoms with Crippen LogP contribution in [0.4, 0.5) is 0 Å². The fourth-order valence-corrected chi connectivity index (χ4v) is 2.50. The third-order valence-corrected chi connectivity index (χ3v) is 3.93. The van der Waals surface area contributed by atoms with Crippen molar-refractivity contribution >= 4 is 0 Å². The third kappa shape index (κ3) is 2.81. The molecule has 2 nitrogen and oxygen atoms in total. The molecule has 0 amide bonds. The number of rotatable bonds is 6. The highest BCUT2D eigenvalue weighted by Gasteiger charge is 2.39. The Bertz CT molecular complexity index is 354. The largest absolute Gasteiger partial charge is 0.487 e. The van der Waals surface area contributed by atoms with E-state index in [1.807, 2.05) is 18.2 Å². The van der Waals surface area contributed by atoms with Crippen LogP contribution in [0, 0.1) is 0 Å². The number of nitrogens with one attached hydrogen (secondary N) is 1. The Morgan fingerprint density at radius 3 is 2.53 bits per heavy atom. The van der Waals surface area contributed by atoms with Crippen LogP contribution in [-0.2, 0) is 0 Å². The van der Waals surface area contributed by atoms with Gasteiger partial charge < -0.3 is 10.1 Å². The Hall–Kier alpha value is -1.02. The first-order chi connectivity index (χ1) is 8.36. The maximum atomic E-state index is 6.20. The zero-order valence-corrected chi connectivity index (χ0v) is 10.3. The van der Waals surface area contributed by atoms with Crippen LogP contribution < -0.4 is 10.1 Å². The van der Waals surface area contributed by atoms with Crippen molar-refractivity contribution in [2.75, 3.05) is 6.54 Å². The molecule has 1 N–H and O–H groups in total. The van der Waals surface area contributed by atoms with Crippen molar-refractivity contribution in [1.29, 1.82) is 0 Å². The van der Waals surface area contributed by atoms with E-state index in [4.69, 9.17) is 4.74 Å². The molecule has 1 aromatic carbocycles. The van der Waals surface area contributed by atoms with E-state index < -0.39 is 0 Å². The van der Waals surface area contributed by atoms with Crippen molar-refractivity contribution in [3.63, 3.8) is 0 Å². The van der Waals surface area contributed by atoms with Crippen LogP contribution in [0.2, 0.25) is 0 Å². The summed E-state index contributed by atoms with van der Waals surface area (Å²) in [4.78, 5) is 0. The molecule has 2 heteroatoms. The second-order valence-corrected chi connectivity index (χ2v) is 5.43. The predicted molar refractivity (Wildman–Crippen MR) is 69.3 cm³/mol. The van der Waals surface area contributed by atoms with Crippen LogP contribution in [0.25, 0.3) is 0 Å². The first-order valence-corrected chi connectivity index (χ1v) is 6.84. The van der Waals surface area contributed by atoms with Gasteiger partial charge in [0.25, 0.3) is 0 Å². The normalized spacial score (nSPS) is 21.9. The van der Waals surface area contributed by atoms with Gasteiger partial charge in [0.15, 0.2) is 0 Å². The highest BCUT2D eigenvalue weighted by atomic mass is 16.5. The summed E-state index contributed by atoms with van der Waals surface area (Å²) in [5.41, 5.74) is 0.128. The number of benzene rings is 1. The molecule has 2 aliphatic carbocycles. The highest BCUT2D eigenvalue weighted by Crippen LogP contribution is 2.39. The zero-order chi connectivity index (χ0) is 11.6. The molecule has 0 unspecified atom stereocenters. The smallest absolute Gasteiger partial charge is 0.120 e. The van der Waals surface area contributed by atoms with E-state index in [0.29, 0.717) is 0 Å². The van der Waals surface area contributed by atoms with Gasteiger partial charge in [-0.3, -0.25) is 0 Å². The minimum Gasteiger partial charge on any atom is -0.487 e. The first kappa shape index (κ1) is 11.1. The van der Waals surface area contributed by atoms with Crippen LogP contribution in [0.3, 0.4) is 0 Å². The Balaban J connectivity index is 1.53. The summed E-state index contributed by atoms with van der Waals surface area (Å²) in [5.74, 6) is 1.03. The Morgan fingerprint density at radius 2 is 1.94 bits per heavy atom. The van der Waals surface area contributed by atoms with Gasteiger partial charge in [-0.05, 0) is 57.2 Å². The molecule has 0 atom stereocenters. The quantitative estimate of drug-likeness (QED) is 0.812. The summed E-state index contributed by atoms with van der Waals surface area (Å²) in [6, 6.07) is 11.1. The number of para-hydroxylation sites is 1. The molecule has 3 rings (SSSR count). The fraction of sp³-hybridized carbons (Fsp3) is 0.600. The maximum absolute atomic E-state index is 6.20. The molecule has 2 saturated carbocycles. The summed E-state index contributed by atoms with van der Waals surface area (Å²) < 4.78 is 6.20. The van der Waals surface area contributed by atoms with E-state index in [-0.39, 0.29) is 5.60 Å². The van der Waals surface area contributed by atoms with Gasteiger partial charge in [0.2, 0.25) is 0 Å². The van der Waals surface area contributed by atoms with E-state index in [9.17, 15) is 0 Å².